The SMILES string of the molecule is CCCCCc1ccc(CCCCC)c(NC(=O)NCC)c1. The topological polar surface area (TPSA) is 41.1 Å². The minimum Gasteiger partial charge on any atom is -0.338 e. The number of unbranched alkanes of at least 4 members (excludes halogenated alkanes) is 4. The Kier molecular flexibility index (Phi) is 9.36. The van der Waals surface area contributed by atoms with E-state index in [9.17, 15) is 4.79 Å². The van der Waals surface area contributed by atoms with Crippen LogP contribution in [0.1, 0.15) is 70.4 Å². The van der Waals surface area contributed by atoms with Gasteiger partial charge in [0.2, 0.25) is 0 Å². The Hall–Kier alpha value is -1.51. The summed E-state index contributed by atoms with van der Waals surface area (Å²) in [5.41, 5.74) is 3.55. The molecule has 2 amide bonds. The van der Waals surface area contributed by atoms with Gasteiger partial charge in [0.15, 0.2) is 0 Å². The van der Waals surface area contributed by atoms with Gasteiger partial charge in [0.05, 0.1) is 0 Å². The van der Waals surface area contributed by atoms with Crippen molar-refractivity contribution < 1.29 is 4.79 Å². The minimum atomic E-state index is -0.107. The van der Waals surface area contributed by atoms with E-state index in [1.165, 1.54) is 49.7 Å². The fraction of sp³-hybridized carbons (Fsp3) is 0.632. The maximum Gasteiger partial charge on any atom is 0.319 e. The molecular formula is C19H32N2O. The van der Waals surface area contributed by atoms with Crippen LogP contribution in [0.25, 0.3) is 0 Å². The van der Waals surface area contributed by atoms with Crippen LogP contribution in [0.3, 0.4) is 0 Å². The molecular weight excluding hydrogens is 272 g/mol. The van der Waals surface area contributed by atoms with Gasteiger partial charge in [0.1, 0.15) is 0 Å². The van der Waals surface area contributed by atoms with E-state index in [0.29, 0.717) is 6.54 Å². The van der Waals surface area contributed by atoms with Crippen molar-refractivity contribution in [1.82, 2.24) is 5.32 Å². The average Bonchev–Trinajstić information content (AvgIpc) is 2.50. The van der Waals surface area contributed by atoms with E-state index >= 15 is 0 Å². The smallest absolute Gasteiger partial charge is 0.319 e. The van der Waals surface area contributed by atoms with Crippen molar-refractivity contribution in [3.8, 4) is 0 Å². The molecule has 1 rings (SSSR count). The Balaban J connectivity index is 2.77. The number of aryl methyl sites for hydroxylation is 2. The highest BCUT2D eigenvalue weighted by atomic mass is 16.2. The van der Waals surface area contributed by atoms with Crippen molar-refractivity contribution in [1.29, 1.82) is 0 Å². The Morgan fingerprint density at radius 1 is 0.955 bits per heavy atom. The number of anilines is 1. The molecule has 0 saturated carbocycles. The van der Waals surface area contributed by atoms with E-state index in [4.69, 9.17) is 0 Å². The fourth-order valence-corrected chi connectivity index (χ4v) is 2.59. The summed E-state index contributed by atoms with van der Waals surface area (Å²) in [6.07, 6.45) is 9.46. The largest absolute Gasteiger partial charge is 0.338 e. The first-order valence-electron chi connectivity index (χ1n) is 8.87. The van der Waals surface area contributed by atoms with Crippen LogP contribution >= 0.6 is 0 Å². The first kappa shape index (κ1) is 18.5. The normalized spacial score (nSPS) is 10.5. The van der Waals surface area contributed by atoms with Crippen LogP contribution in [0.2, 0.25) is 0 Å². The molecule has 1 aromatic rings. The maximum atomic E-state index is 11.8. The van der Waals surface area contributed by atoms with Crippen LogP contribution in [0, 0.1) is 0 Å². The Labute approximate surface area is 135 Å². The summed E-state index contributed by atoms with van der Waals surface area (Å²) in [6, 6.07) is 6.47. The fourth-order valence-electron chi connectivity index (χ4n) is 2.59. The van der Waals surface area contributed by atoms with Gasteiger partial charge in [-0.05, 0) is 49.8 Å². The lowest BCUT2D eigenvalue weighted by atomic mass is 10.00. The third-order valence-corrected chi connectivity index (χ3v) is 3.88. The summed E-state index contributed by atoms with van der Waals surface area (Å²) in [7, 11) is 0. The summed E-state index contributed by atoms with van der Waals surface area (Å²) >= 11 is 0. The number of amides is 2. The van der Waals surface area contributed by atoms with Crippen molar-refractivity contribution in [2.24, 2.45) is 0 Å². The first-order valence-corrected chi connectivity index (χ1v) is 8.87. The van der Waals surface area contributed by atoms with Crippen LogP contribution in [0.4, 0.5) is 10.5 Å². The van der Waals surface area contributed by atoms with Gasteiger partial charge in [-0.25, -0.2) is 4.79 Å². The van der Waals surface area contributed by atoms with Gasteiger partial charge in [-0.15, -0.1) is 0 Å². The molecule has 124 valence electrons. The lowest BCUT2D eigenvalue weighted by Gasteiger charge is -2.13. The van der Waals surface area contributed by atoms with Gasteiger partial charge in [-0.3, -0.25) is 0 Å². The van der Waals surface area contributed by atoms with E-state index in [1.54, 1.807) is 0 Å². The number of urea groups is 1. The Morgan fingerprint density at radius 2 is 1.64 bits per heavy atom. The van der Waals surface area contributed by atoms with E-state index < -0.39 is 0 Å². The molecule has 0 aromatic heterocycles. The van der Waals surface area contributed by atoms with Gasteiger partial charge in [0.25, 0.3) is 0 Å². The number of rotatable bonds is 10. The molecule has 1 aromatic carbocycles. The molecule has 0 unspecified atom stereocenters. The summed E-state index contributed by atoms with van der Waals surface area (Å²) < 4.78 is 0. The van der Waals surface area contributed by atoms with Crippen LogP contribution in [-0.2, 0) is 12.8 Å². The van der Waals surface area contributed by atoms with E-state index in [2.05, 4.69) is 42.7 Å². The number of hydrogen-bond donors (Lipinski definition) is 2. The summed E-state index contributed by atoms with van der Waals surface area (Å²) in [6.45, 7) is 7.01. The molecule has 0 heterocycles. The lowest BCUT2D eigenvalue weighted by Crippen LogP contribution is -2.28. The number of benzene rings is 1. The van der Waals surface area contributed by atoms with Crippen LogP contribution in [-0.4, -0.2) is 12.6 Å². The van der Waals surface area contributed by atoms with Crippen molar-refractivity contribution in [2.45, 2.75) is 72.1 Å². The molecule has 0 spiro atoms. The second kappa shape index (κ2) is 11.1. The molecule has 0 bridgehead atoms. The second-order valence-corrected chi connectivity index (χ2v) is 5.89. The molecule has 3 nitrogen and oxygen atoms in total. The van der Waals surface area contributed by atoms with Gasteiger partial charge in [0, 0.05) is 12.2 Å². The van der Waals surface area contributed by atoms with Crippen molar-refractivity contribution in [3.63, 3.8) is 0 Å². The van der Waals surface area contributed by atoms with E-state index in [-0.39, 0.29) is 6.03 Å². The maximum absolute atomic E-state index is 11.8. The van der Waals surface area contributed by atoms with Crippen LogP contribution in [0.5, 0.6) is 0 Å². The predicted molar refractivity (Wildman–Crippen MR) is 95.6 cm³/mol. The third kappa shape index (κ3) is 6.97. The minimum absolute atomic E-state index is 0.107. The van der Waals surface area contributed by atoms with Gasteiger partial charge in [-0.1, -0.05) is 51.7 Å². The summed E-state index contributed by atoms with van der Waals surface area (Å²) in [5, 5.41) is 5.83. The van der Waals surface area contributed by atoms with Crippen LogP contribution in [0.15, 0.2) is 18.2 Å². The zero-order valence-corrected chi connectivity index (χ0v) is 14.5. The summed E-state index contributed by atoms with van der Waals surface area (Å²) in [5.74, 6) is 0. The highest BCUT2D eigenvalue weighted by molar-refractivity contribution is 5.90. The molecule has 22 heavy (non-hydrogen) atoms. The van der Waals surface area contributed by atoms with Crippen molar-refractivity contribution in [2.75, 3.05) is 11.9 Å². The zero-order valence-electron chi connectivity index (χ0n) is 14.5. The van der Waals surface area contributed by atoms with E-state index in [0.717, 1.165) is 18.5 Å². The Morgan fingerprint density at radius 3 is 2.27 bits per heavy atom. The number of nitrogens with one attached hydrogen (secondary N) is 2. The predicted octanol–water partition coefficient (Wildman–Crippen LogP) is 5.29. The highest BCUT2D eigenvalue weighted by Gasteiger charge is 2.07. The van der Waals surface area contributed by atoms with Crippen molar-refractivity contribution in [3.05, 3.63) is 29.3 Å². The molecule has 0 radical (unpaired) electrons. The first-order chi connectivity index (χ1) is 10.7. The Bertz CT molecular complexity index is 443. The molecule has 0 atom stereocenters. The van der Waals surface area contributed by atoms with Crippen molar-refractivity contribution >= 4 is 11.7 Å². The lowest BCUT2D eigenvalue weighted by molar-refractivity contribution is 0.252. The second-order valence-electron chi connectivity index (χ2n) is 5.89. The summed E-state index contributed by atoms with van der Waals surface area (Å²) in [4.78, 5) is 11.8. The number of carbonyl (C=O) groups excluding carboxylic acids is 1. The van der Waals surface area contributed by atoms with E-state index in [1.807, 2.05) is 6.92 Å². The highest BCUT2D eigenvalue weighted by Crippen LogP contribution is 2.22. The van der Waals surface area contributed by atoms with Gasteiger partial charge in [-0.2, -0.15) is 0 Å². The van der Waals surface area contributed by atoms with Gasteiger partial charge >= 0.3 is 6.03 Å². The average molecular weight is 304 g/mol. The molecule has 0 saturated heterocycles. The molecule has 0 aliphatic heterocycles. The molecule has 0 fully saturated rings. The number of carbonyl (C=O) groups is 1. The van der Waals surface area contributed by atoms with Gasteiger partial charge < -0.3 is 10.6 Å². The zero-order chi connectivity index (χ0) is 16.2. The monoisotopic (exact) mass is 304 g/mol. The molecule has 2 N–H and O–H groups in total. The quantitative estimate of drug-likeness (QED) is 0.566. The molecule has 0 aliphatic carbocycles. The third-order valence-electron chi connectivity index (χ3n) is 3.88. The molecule has 0 aliphatic rings. The number of hydrogen-bond acceptors (Lipinski definition) is 1. The standard InChI is InChI=1S/C19H32N2O/c1-4-7-9-11-16-13-14-17(12-10-8-5-2)18(15-16)21-19(22)20-6-3/h13-15H,4-12H2,1-3H3,(H2,20,21,22). The van der Waals surface area contributed by atoms with Crippen LogP contribution < -0.4 is 10.6 Å². The molecule has 3 heteroatoms.